The number of hydrogen-bond donors (Lipinski definition) is 1. The highest BCUT2D eigenvalue weighted by molar-refractivity contribution is 5.92. The maximum absolute atomic E-state index is 13.0. The number of piperidine rings is 1. The number of carbonyl (C=O) groups is 2. The molecule has 0 radical (unpaired) electrons. The molecule has 0 saturated carbocycles. The molecule has 7 heteroatoms. The van der Waals surface area contributed by atoms with Crippen molar-refractivity contribution in [1.29, 1.82) is 0 Å². The molecule has 0 spiro atoms. The van der Waals surface area contributed by atoms with Gasteiger partial charge in [-0.2, -0.15) is 0 Å². The van der Waals surface area contributed by atoms with Crippen molar-refractivity contribution in [2.45, 2.75) is 25.7 Å². The van der Waals surface area contributed by atoms with E-state index >= 15 is 0 Å². The predicted molar refractivity (Wildman–Crippen MR) is 124 cm³/mol. The number of rotatable bonds is 6. The van der Waals surface area contributed by atoms with Crippen LogP contribution in [-0.2, 0) is 16.0 Å². The molecule has 2 fully saturated rings. The number of nitrogens with zero attached hydrogens (tertiary/aromatic N) is 3. The van der Waals surface area contributed by atoms with Crippen molar-refractivity contribution in [3.05, 3.63) is 59.9 Å². The zero-order valence-corrected chi connectivity index (χ0v) is 18.4. The molecule has 170 valence electrons. The van der Waals surface area contributed by atoms with Crippen molar-refractivity contribution in [1.82, 2.24) is 9.80 Å². The molecule has 2 heterocycles. The van der Waals surface area contributed by atoms with Crippen LogP contribution < -0.4 is 10.2 Å². The molecule has 0 aromatic heterocycles. The average molecular weight is 439 g/mol. The van der Waals surface area contributed by atoms with Gasteiger partial charge in [-0.1, -0.05) is 12.1 Å². The number of piperazine rings is 1. The van der Waals surface area contributed by atoms with Crippen LogP contribution in [-0.4, -0.2) is 67.4 Å². The monoisotopic (exact) mass is 438 g/mol. The van der Waals surface area contributed by atoms with Crippen LogP contribution in [0.1, 0.15) is 24.8 Å². The van der Waals surface area contributed by atoms with E-state index in [9.17, 15) is 14.0 Å². The van der Waals surface area contributed by atoms with Crippen LogP contribution in [0.15, 0.2) is 48.5 Å². The fourth-order valence-corrected chi connectivity index (χ4v) is 4.36. The maximum Gasteiger partial charge on any atom is 0.238 e. The summed E-state index contributed by atoms with van der Waals surface area (Å²) in [5.41, 5.74) is 2.83. The van der Waals surface area contributed by atoms with Crippen molar-refractivity contribution in [3.8, 4) is 0 Å². The number of nitrogens with one attached hydrogen (secondary N) is 1. The van der Waals surface area contributed by atoms with Gasteiger partial charge in [0.15, 0.2) is 0 Å². The summed E-state index contributed by atoms with van der Waals surface area (Å²) in [6.07, 6.45) is 4.06. The Morgan fingerprint density at radius 1 is 0.812 bits per heavy atom. The summed E-state index contributed by atoms with van der Waals surface area (Å²) in [7, 11) is 0. The van der Waals surface area contributed by atoms with Crippen LogP contribution in [0.5, 0.6) is 0 Å². The summed E-state index contributed by atoms with van der Waals surface area (Å²) in [5, 5.41) is 2.98. The van der Waals surface area contributed by atoms with Gasteiger partial charge in [0.25, 0.3) is 0 Å². The Labute approximate surface area is 189 Å². The lowest BCUT2D eigenvalue weighted by atomic mass is 10.1. The summed E-state index contributed by atoms with van der Waals surface area (Å²) in [6, 6.07) is 14.1. The minimum Gasteiger partial charge on any atom is -0.372 e. The quantitative estimate of drug-likeness (QED) is 0.753. The molecule has 2 aromatic carbocycles. The molecule has 2 aliphatic rings. The van der Waals surface area contributed by atoms with Crippen LogP contribution >= 0.6 is 0 Å². The lowest BCUT2D eigenvalue weighted by Crippen LogP contribution is -2.50. The first-order valence-electron chi connectivity index (χ1n) is 11.5. The van der Waals surface area contributed by atoms with Gasteiger partial charge in [0, 0.05) is 50.6 Å². The third kappa shape index (κ3) is 6.07. The molecular weight excluding hydrogens is 407 g/mol. The van der Waals surface area contributed by atoms with Crippen molar-refractivity contribution in [2.24, 2.45) is 0 Å². The second-order valence-corrected chi connectivity index (χ2v) is 8.60. The molecular formula is C25H31FN4O2. The van der Waals surface area contributed by atoms with Gasteiger partial charge in [0.05, 0.1) is 13.0 Å². The summed E-state index contributed by atoms with van der Waals surface area (Å²) in [5.74, 6) is -0.303. The standard InChI is InChI=1S/C25H31FN4O2/c26-21-6-4-20(5-7-21)18-25(32)30-16-14-28(15-17-30)19-24(31)27-22-8-10-23(11-9-22)29-12-2-1-3-13-29/h4-11H,1-3,12-19H2,(H,27,31). The smallest absolute Gasteiger partial charge is 0.238 e. The lowest BCUT2D eigenvalue weighted by molar-refractivity contribution is -0.132. The Morgan fingerprint density at radius 2 is 1.47 bits per heavy atom. The normalized spacial score (nSPS) is 17.3. The summed E-state index contributed by atoms with van der Waals surface area (Å²) in [6.45, 7) is 5.03. The van der Waals surface area contributed by atoms with E-state index in [1.807, 2.05) is 17.0 Å². The maximum atomic E-state index is 13.0. The first-order valence-corrected chi connectivity index (χ1v) is 11.5. The highest BCUT2D eigenvalue weighted by atomic mass is 19.1. The topological polar surface area (TPSA) is 55.9 Å². The van der Waals surface area contributed by atoms with Crippen LogP contribution in [0.25, 0.3) is 0 Å². The molecule has 6 nitrogen and oxygen atoms in total. The first-order chi connectivity index (χ1) is 15.6. The Morgan fingerprint density at radius 3 is 2.12 bits per heavy atom. The second-order valence-electron chi connectivity index (χ2n) is 8.60. The Hall–Kier alpha value is -2.93. The summed E-state index contributed by atoms with van der Waals surface area (Å²) >= 11 is 0. The average Bonchev–Trinajstić information content (AvgIpc) is 2.82. The van der Waals surface area contributed by atoms with Gasteiger partial charge >= 0.3 is 0 Å². The third-order valence-corrected chi connectivity index (χ3v) is 6.23. The fourth-order valence-electron chi connectivity index (χ4n) is 4.36. The molecule has 2 aliphatic heterocycles. The van der Waals surface area contributed by atoms with Gasteiger partial charge in [0.2, 0.25) is 11.8 Å². The van der Waals surface area contributed by atoms with Crippen LogP contribution in [0.2, 0.25) is 0 Å². The van der Waals surface area contributed by atoms with E-state index in [-0.39, 0.29) is 24.1 Å². The molecule has 32 heavy (non-hydrogen) atoms. The van der Waals surface area contributed by atoms with Gasteiger partial charge in [-0.3, -0.25) is 14.5 Å². The molecule has 0 aliphatic carbocycles. The van der Waals surface area contributed by atoms with Gasteiger partial charge in [-0.05, 0) is 61.2 Å². The second kappa shape index (κ2) is 10.6. The molecule has 2 saturated heterocycles. The highest BCUT2D eigenvalue weighted by Gasteiger charge is 2.22. The molecule has 2 aromatic rings. The number of hydrogen-bond acceptors (Lipinski definition) is 4. The van der Waals surface area contributed by atoms with E-state index in [4.69, 9.17) is 0 Å². The largest absolute Gasteiger partial charge is 0.372 e. The molecule has 4 rings (SSSR count). The first kappa shape index (κ1) is 22.3. The molecule has 0 atom stereocenters. The molecule has 1 N–H and O–H groups in total. The number of anilines is 2. The highest BCUT2D eigenvalue weighted by Crippen LogP contribution is 2.21. The van der Waals surface area contributed by atoms with E-state index in [1.54, 1.807) is 12.1 Å². The van der Waals surface area contributed by atoms with Crippen molar-refractivity contribution < 1.29 is 14.0 Å². The fraction of sp³-hybridized carbons (Fsp3) is 0.440. The minimum absolute atomic E-state index is 0.0366. The van der Waals surface area contributed by atoms with E-state index in [1.165, 1.54) is 37.1 Å². The van der Waals surface area contributed by atoms with Crippen LogP contribution in [0.3, 0.4) is 0 Å². The Kier molecular flexibility index (Phi) is 7.37. The summed E-state index contributed by atoms with van der Waals surface area (Å²) in [4.78, 5) is 31.3. The third-order valence-electron chi connectivity index (χ3n) is 6.23. The van der Waals surface area contributed by atoms with E-state index in [0.29, 0.717) is 32.7 Å². The van der Waals surface area contributed by atoms with Gasteiger partial charge in [-0.25, -0.2) is 4.39 Å². The minimum atomic E-state index is -0.300. The van der Waals surface area contributed by atoms with Crippen molar-refractivity contribution in [3.63, 3.8) is 0 Å². The zero-order valence-electron chi connectivity index (χ0n) is 18.4. The zero-order chi connectivity index (χ0) is 22.3. The predicted octanol–water partition coefficient (Wildman–Crippen LogP) is 3.14. The SMILES string of the molecule is O=C(CN1CCN(C(=O)Cc2ccc(F)cc2)CC1)Nc1ccc(N2CCCCC2)cc1. The number of amides is 2. The van der Waals surface area contributed by atoms with E-state index < -0.39 is 0 Å². The van der Waals surface area contributed by atoms with Crippen LogP contribution in [0.4, 0.5) is 15.8 Å². The van der Waals surface area contributed by atoms with Gasteiger partial charge in [-0.15, -0.1) is 0 Å². The summed E-state index contributed by atoms with van der Waals surface area (Å²) < 4.78 is 13.0. The van der Waals surface area contributed by atoms with Crippen molar-refractivity contribution >= 4 is 23.2 Å². The molecule has 0 bridgehead atoms. The lowest BCUT2D eigenvalue weighted by Gasteiger charge is -2.34. The number of halogens is 1. The Bertz CT molecular complexity index is 903. The van der Waals surface area contributed by atoms with Crippen molar-refractivity contribution in [2.75, 3.05) is 56.0 Å². The Balaban J connectivity index is 1.19. The molecule has 2 amide bonds. The van der Waals surface area contributed by atoms with E-state index in [0.717, 1.165) is 24.3 Å². The van der Waals surface area contributed by atoms with Gasteiger partial charge in [0.1, 0.15) is 5.82 Å². The van der Waals surface area contributed by atoms with Gasteiger partial charge < -0.3 is 15.1 Å². The van der Waals surface area contributed by atoms with E-state index in [2.05, 4.69) is 27.2 Å². The molecule has 0 unspecified atom stereocenters. The number of carbonyl (C=O) groups excluding carboxylic acids is 2. The van der Waals surface area contributed by atoms with Crippen LogP contribution in [0, 0.1) is 5.82 Å². The number of benzene rings is 2.